The Morgan fingerprint density at radius 2 is 1.06 bits per heavy atom. The highest BCUT2D eigenvalue weighted by Gasteiger charge is 2.24. The van der Waals surface area contributed by atoms with Gasteiger partial charge in [0.05, 0.1) is 54.5 Å². The van der Waals surface area contributed by atoms with Crippen molar-refractivity contribution in [2.75, 3.05) is 182 Å². The number of aryl methyl sites for hydroxylation is 2. The van der Waals surface area contributed by atoms with Crippen molar-refractivity contribution in [1.82, 2.24) is 84.3 Å². The maximum absolute atomic E-state index is 13.5. The predicted molar refractivity (Wildman–Crippen MR) is 273 cm³/mol. The number of H-pyrrole nitrogens is 1. The number of nitrogens with two attached hydrogens (primary N) is 2. The van der Waals surface area contributed by atoms with E-state index in [2.05, 4.69) is 126 Å². The van der Waals surface area contributed by atoms with Crippen LogP contribution in [0.1, 0.15) is 0 Å². The fourth-order valence-corrected chi connectivity index (χ4v) is 8.42. The van der Waals surface area contributed by atoms with Gasteiger partial charge in [0.1, 0.15) is 29.1 Å². The van der Waals surface area contributed by atoms with Gasteiger partial charge in [0, 0.05) is 120 Å². The zero-order valence-corrected chi connectivity index (χ0v) is 41.4. The average molecular weight is 979 g/mol. The Morgan fingerprint density at radius 1 is 0.563 bits per heavy atom. The number of aromatic nitrogens is 14. The molecule has 0 saturated carbocycles. The Hall–Kier alpha value is -7.61. The van der Waals surface area contributed by atoms with Crippen LogP contribution < -0.4 is 41.7 Å². The number of nitrogens with zero attached hydrogens (tertiary/aromatic N) is 21. The first-order chi connectivity index (χ1) is 34.3. The summed E-state index contributed by atoms with van der Waals surface area (Å²) in [5.41, 5.74) is 13.9. The van der Waals surface area contributed by atoms with Crippen LogP contribution in [0.5, 0.6) is 0 Å². The fraction of sp³-hybridized carbons (Fsp3) is 0.535. The van der Waals surface area contributed by atoms with E-state index in [9.17, 15) is 4.39 Å². The molecule has 0 aromatic carbocycles. The largest absolute Gasteiger partial charge is 0.382 e. The quantitative estimate of drug-likeness (QED) is 0.113. The molecule has 27 nitrogen and oxygen atoms in total. The number of ether oxygens (including phenoxy) is 1. The molecule has 7 aromatic heterocycles. The van der Waals surface area contributed by atoms with E-state index in [0.29, 0.717) is 61.0 Å². The smallest absolute Gasteiger partial charge is 0.312 e. The van der Waals surface area contributed by atoms with Crippen molar-refractivity contribution < 1.29 is 9.13 Å². The molecule has 71 heavy (non-hydrogen) atoms. The van der Waals surface area contributed by atoms with Gasteiger partial charge in [-0.25, -0.2) is 14.8 Å². The molecular weight excluding hydrogens is 916 g/mol. The Balaban J connectivity index is 0.000000127. The molecule has 0 radical (unpaired) electrons. The molecule has 7 aromatic rings. The topological polar surface area (TPSA) is 280 Å². The molecule has 0 unspecified atom stereocenters. The third kappa shape index (κ3) is 11.5. The van der Waals surface area contributed by atoms with Gasteiger partial charge < -0.3 is 61.1 Å². The summed E-state index contributed by atoms with van der Waals surface area (Å²) in [6.45, 7) is 21.5. The number of hydrogen-bond acceptors (Lipinski definition) is 23. The first-order valence-electron chi connectivity index (χ1n) is 23.4. The van der Waals surface area contributed by atoms with E-state index < -0.39 is 6.08 Å². The number of nitrogen functional groups attached to an aromatic ring is 2. The number of likely N-dealkylation sites (N-methyl/N-ethyl adjacent to an activating group) is 3. The molecule has 0 amide bonds. The molecule has 11 rings (SSSR count). The summed E-state index contributed by atoms with van der Waals surface area (Å²) in [5.74, 6) is 4.67. The van der Waals surface area contributed by atoms with E-state index in [-0.39, 0.29) is 5.95 Å². The number of piperazine rings is 3. The molecule has 0 spiro atoms. The number of aromatic amines is 1. The van der Waals surface area contributed by atoms with Gasteiger partial charge in [0.2, 0.25) is 17.8 Å². The zero-order valence-electron chi connectivity index (χ0n) is 41.4. The number of hydrogen-bond donors (Lipinski definition) is 5. The number of rotatable bonds is 6. The van der Waals surface area contributed by atoms with E-state index in [1.54, 1.807) is 35.9 Å². The lowest BCUT2D eigenvalue weighted by Gasteiger charge is -2.33. The van der Waals surface area contributed by atoms with Crippen molar-refractivity contribution >= 4 is 85.7 Å². The summed E-state index contributed by atoms with van der Waals surface area (Å²) < 4.78 is 22.1. The van der Waals surface area contributed by atoms with E-state index >= 15 is 0 Å². The van der Waals surface area contributed by atoms with Crippen molar-refractivity contribution in [2.45, 2.75) is 0 Å². The zero-order chi connectivity index (χ0) is 50.2. The summed E-state index contributed by atoms with van der Waals surface area (Å²) in [6, 6.07) is 0. The van der Waals surface area contributed by atoms with Crippen LogP contribution in [-0.4, -0.2) is 224 Å². The van der Waals surface area contributed by atoms with Crippen LogP contribution in [0, 0.1) is 12.7 Å². The molecule has 4 saturated heterocycles. The van der Waals surface area contributed by atoms with Crippen molar-refractivity contribution in [3.63, 3.8) is 0 Å². The van der Waals surface area contributed by atoms with Crippen LogP contribution in [0.4, 0.5) is 57.0 Å². The SMILES string of the molecule is CN1CCN(c2nc(F)nc3c2cnn3C)CC1.CN1CCN(c2nc(N)nc3c2cnn3C)CC1.CNc1nc(N2CCN(C)CC2)nc2[nH]ncc12.[C-]#[N+]c1c(NC)nc(N)nc1N1CCOCC1. The van der Waals surface area contributed by atoms with Crippen LogP contribution in [-0.2, 0) is 18.8 Å². The van der Waals surface area contributed by atoms with Gasteiger partial charge in [-0.2, -0.15) is 49.6 Å². The molecule has 0 aliphatic carbocycles. The molecule has 4 fully saturated rings. The molecule has 0 bridgehead atoms. The monoisotopic (exact) mass is 979 g/mol. The van der Waals surface area contributed by atoms with E-state index in [1.165, 1.54) is 0 Å². The lowest BCUT2D eigenvalue weighted by Crippen LogP contribution is -2.45. The predicted octanol–water partition coefficient (Wildman–Crippen LogP) is 0.586. The summed E-state index contributed by atoms with van der Waals surface area (Å²) in [4.78, 5) is 52.5. The molecule has 4 aliphatic rings. The second-order valence-corrected chi connectivity index (χ2v) is 17.4. The number of nitrogens with one attached hydrogen (secondary N) is 3. The lowest BCUT2D eigenvalue weighted by atomic mass is 10.3. The maximum atomic E-state index is 13.5. The maximum Gasteiger partial charge on any atom is 0.312 e. The second-order valence-electron chi connectivity index (χ2n) is 17.4. The molecule has 11 heterocycles. The number of halogens is 1. The van der Waals surface area contributed by atoms with E-state index in [1.807, 2.05) is 25.2 Å². The van der Waals surface area contributed by atoms with Crippen molar-refractivity contribution in [3.8, 4) is 0 Å². The Morgan fingerprint density at radius 3 is 1.61 bits per heavy atom. The molecule has 4 aliphatic heterocycles. The molecule has 7 N–H and O–H groups in total. The molecule has 0 atom stereocenters. The van der Waals surface area contributed by atoms with Crippen LogP contribution in [0.15, 0.2) is 18.6 Å². The number of morpholine rings is 1. The molecule has 378 valence electrons. The number of anilines is 8. The van der Waals surface area contributed by atoms with Gasteiger partial charge in [0.15, 0.2) is 16.9 Å². The minimum Gasteiger partial charge on any atom is -0.382 e. The summed E-state index contributed by atoms with van der Waals surface area (Å²) in [5, 5.41) is 23.9. The second kappa shape index (κ2) is 22.4. The third-order valence-corrected chi connectivity index (χ3v) is 12.6. The first kappa shape index (κ1) is 49.8. The highest BCUT2D eigenvalue weighted by molar-refractivity contribution is 5.89. The highest BCUT2D eigenvalue weighted by Crippen LogP contribution is 2.34. The summed E-state index contributed by atoms with van der Waals surface area (Å²) in [7, 11) is 13.5. The van der Waals surface area contributed by atoms with Gasteiger partial charge in [-0.15, -0.1) is 0 Å². The van der Waals surface area contributed by atoms with Crippen molar-refractivity contribution in [2.24, 2.45) is 14.1 Å². The van der Waals surface area contributed by atoms with Crippen LogP contribution in [0.25, 0.3) is 37.9 Å². The minimum atomic E-state index is -0.694. The van der Waals surface area contributed by atoms with Gasteiger partial charge in [-0.3, -0.25) is 14.5 Å². The van der Waals surface area contributed by atoms with Gasteiger partial charge in [0.25, 0.3) is 5.69 Å². The standard InChI is InChI=1S/C11H15FN6.2C11H17N7.C10H14N6O/c2*1-16-3-5-18(6-4-16)10-8-7-13-17(2)9(8)14-11(12)15-10;1-12-9-8-7-13-16-10(8)15-11(14-9)18-5-3-17(2)4-6-18;1-12-7-8(13-2)14-10(11)15-9(7)16-3-5-17-6-4-16/h7H,3-6H2,1-2H3;7H,3-6H2,1-2H3,(H2,12,14,15);7H,3-6H2,1-2H3,(H2,12,13,14,15,16);3-6H2,2H3,(H3,11,13,14,15). The molecular formula is C43H63FN26O. The minimum absolute atomic E-state index is 0.170. The van der Waals surface area contributed by atoms with Crippen molar-refractivity contribution in [3.05, 3.63) is 36.1 Å². The third-order valence-electron chi connectivity index (χ3n) is 12.6. The van der Waals surface area contributed by atoms with Gasteiger partial charge >= 0.3 is 6.08 Å². The highest BCUT2D eigenvalue weighted by atomic mass is 19.1. The van der Waals surface area contributed by atoms with Crippen LogP contribution >= 0.6 is 0 Å². The van der Waals surface area contributed by atoms with E-state index in [4.69, 9.17) is 22.8 Å². The first-order valence-corrected chi connectivity index (χ1v) is 23.4. The molecule has 28 heteroatoms. The summed E-state index contributed by atoms with van der Waals surface area (Å²) in [6.07, 6.45) is 4.56. The lowest BCUT2D eigenvalue weighted by molar-refractivity contribution is 0.122. The normalized spacial score (nSPS) is 17.0. The van der Waals surface area contributed by atoms with Gasteiger partial charge in [-0.1, -0.05) is 0 Å². The van der Waals surface area contributed by atoms with E-state index in [0.717, 1.165) is 124 Å². The van der Waals surface area contributed by atoms with Crippen LogP contribution in [0.3, 0.4) is 0 Å². The fourth-order valence-electron chi connectivity index (χ4n) is 8.42. The Kier molecular flexibility index (Phi) is 15.7. The summed E-state index contributed by atoms with van der Waals surface area (Å²) >= 11 is 0. The number of fused-ring (bicyclic) bond motifs is 3. The Bertz CT molecular complexity index is 2820. The van der Waals surface area contributed by atoms with Gasteiger partial charge in [-0.05, 0) is 21.1 Å². The average Bonchev–Trinajstić information content (AvgIpc) is 4.13. The van der Waals surface area contributed by atoms with Crippen molar-refractivity contribution in [1.29, 1.82) is 0 Å². The Labute approximate surface area is 410 Å². The van der Waals surface area contributed by atoms with Crippen LogP contribution in [0.2, 0.25) is 0 Å².